The lowest BCUT2D eigenvalue weighted by atomic mass is 10.1. The zero-order valence-corrected chi connectivity index (χ0v) is 7.85. The van der Waals surface area contributed by atoms with E-state index in [4.69, 9.17) is 14.6 Å². The van der Waals surface area contributed by atoms with Gasteiger partial charge < -0.3 is 25.1 Å². The first-order valence-corrected chi connectivity index (χ1v) is 4.47. The van der Waals surface area contributed by atoms with Gasteiger partial charge in [0, 0.05) is 5.97 Å². The van der Waals surface area contributed by atoms with Crippen LogP contribution in [-0.2, 0) is 9.53 Å². The fourth-order valence-electron chi connectivity index (χ4n) is 1.71. The summed E-state index contributed by atoms with van der Waals surface area (Å²) < 4.78 is 17.8. The minimum Gasteiger partial charge on any atom is -0.550 e. The van der Waals surface area contributed by atoms with Gasteiger partial charge in [-0.1, -0.05) is 0 Å². The Balaban J connectivity index is 0.000000213. The van der Waals surface area contributed by atoms with E-state index in [0.717, 1.165) is 6.92 Å². The van der Waals surface area contributed by atoms with Gasteiger partial charge in [0.1, 0.15) is 24.8 Å². The number of carboxylic acid groups (broad SMARTS) is 1. The Morgan fingerprint density at radius 3 is 2.79 bits per heavy atom. The van der Waals surface area contributed by atoms with Crippen molar-refractivity contribution in [3.8, 4) is 0 Å². The van der Waals surface area contributed by atoms with Gasteiger partial charge in [0.15, 0.2) is 6.17 Å². The quantitative estimate of drug-likeness (QED) is 0.437. The minimum absolute atomic E-state index is 0.0463. The van der Waals surface area contributed by atoms with Crippen molar-refractivity contribution in [2.45, 2.75) is 31.3 Å². The normalized spacial score (nSPS) is 39.9. The minimum atomic E-state index is -1.08. The summed E-state index contributed by atoms with van der Waals surface area (Å²) in [5.41, 5.74) is 0. The van der Waals surface area contributed by atoms with E-state index < -0.39 is 18.2 Å². The highest BCUT2D eigenvalue weighted by molar-refractivity contribution is 5.60. The number of halogens is 1. The number of aliphatic hydroxyl groups is 1. The molecule has 0 saturated carbocycles. The molecule has 14 heavy (non-hydrogen) atoms. The van der Waals surface area contributed by atoms with E-state index in [1.165, 1.54) is 0 Å². The highest BCUT2D eigenvalue weighted by Crippen LogP contribution is 2.19. The molecule has 0 spiro atoms. The van der Waals surface area contributed by atoms with Gasteiger partial charge >= 0.3 is 0 Å². The third-order valence-corrected chi connectivity index (χ3v) is 2.27. The number of quaternary nitrogens is 1. The van der Waals surface area contributed by atoms with E-state index in [-0.39, 0.29) is 12.1 Å². The van der Waals surface area contributed by atoms with Gasteiger partial charge in [0.05, 0.1) is 6.61 Å². The lowest BCUT2D eigenvalue weighted by Gasteiger charge is -2.05. The first-order valence-electron chi connectivity index (χ1n) is 4.47. The second kappa shape index (κ2) is 4.68. The van der Waals surface area contributed by atoms with Crippen molar-refractivity contribution in [1.29, 1.82) is 0 Å². The van der Waals surface area contributed by atoms with Crippen molar-refractivity contribution in [3.63, 3.8) is 0 Å². The van der Waals surface area contributed by atoms with Crippen LogP contribution in [0, 0.1) is 0 Å². The predicted molar refractivity (Wildman–Crippen MR) is 41.9 cm³/mol. The molecule has 5 nitrogen and oxygen atoms in total. The molecule has 2 aliphatic heterocycles. The lowest BCUT2D eigenvalue weighted by Crippen LogP contribution is -2.89. The first kappa shape index (κ1) is 11.4. The van der Waals surface area contributed by atoms with Crippen LogP contribution in [0.5, 0.6) is 0 Å². The highest BCUT2D eigenvalue weighted by atomic mass is 19.1. The number of carboxylic acids is 1. The fraction of sp³-hybridized carbons (Fsp3) is 0.875. The predicted octanol–water partition coefficient (Wildman–Crippen LogP) is -3.21. The summed E-state index contributed by atoms with van der Waals surface area (Å²) in [6.45, 7) is 1.71. The number of rotatable bonds is 0. The van der Waals surface area contributed by atoms with Gasteiger partial charge in [0.2, 0.25) is 0 Å². The molecule has 0 bridgehead atoms. The number of hydrogen-bond acceptors (Lipinski definition) is 4. The molecule has 0 aromatic carbocycles. The van der Waals surface area contributed by atoms with E-state index >= 15 is 0 Å². The van der Waals surface area contributed by atoms with Crippen LogP contribution in [0.2, 0.25) is 0 Å². The summed E-state index contributed by atoms with van der Waals surface area (Å²) in [6, 6.07) is -0.0463. The molecule has 2 fully saturated rings. The Bertz CT molecular complexity index is 194. The molecule has 2 heterocycles. The van der Waals surface area contributed by atoms with E-state index in [9.17, 15) is 9.50 Å². The summed E-state index contributed by atoms with van der Waals surface area (Å²) in [5.74, 6) is -1.08. The number of carbonyl (C=O) groups excluding carboxylic acids is 1. The van der Waals surface area contributed by atoms with E-state index in [1.54, 1.807) is 0 Å². The Labute approximate surface area is 80.9 Å². The molecule has 0 aromatic rings. The molecule has 3 N–H and O–H groups in total. The van der Waals surface area contributed by atoms with Crippen molar-refractivity contribution in [2.75, 3.05) is 13.2 Å². The zero-order chi connectivity index (χ0) is 10.7. The van der Waals surface area contributed by atoms with Crippen LogP contribution in [0.4, 0.5) is 4.39 Å². The molecular weight excluding hydrogens is 193 g/mol. The highest BCUT2D eigenvalue weighted by Gasteiger charge is 2.49. The van der Waals surface area contributed by atoms with E-state index in [1.807, 2.05) is 5.32 Å². The average Bonchev–Trinajstić information content (AvgIpc) is 2.57. The summed E-state index contributed by atoms with van der Waals surface area (Å²) in [4.78, 5) is 8.89. The molecule has 0 aromatic heterocycles. The summed E-state index contributed by atoms with van der Waals surface area (Å²) in [5, 5.41) is 19.9. The fourth-order valence-corrected chi connectivity index (χ4v) is 1.71. The largest absolute Gasteiger partial charge is 0.550 e. The second-order valence-corrected chi connectivity index (χ2v) is 3.42. The van der Waals surface area contributed by atoms with Crippen molar-refractivity contribution < 1.29 is 29.5 Å². The maximum absolute atomic E-state index is 12.8. The number of aliphatic carboxylic acids is 1. The standard InChI is InChI=1S/C6H10FNO2.C2H4O2/c7-3-1-8-5-4(9)2-10-6(3)5;1-2(3)4/h3-6,8-9H,1-2H2;1H3,(H,3,4)/t3-,4+,5-,6-;/m1./s1. The number of aliphatic hydroxyl groups excluding tert-OH is 1. The average molecular weight is 207 g/mol. The monoisotopic (exact) mass is 207 g/mol. The maximum atomic E-state index is 12.8. The third kappa shape index (κ3) is 2.63. The third-order valence-electron chi connectivity index (χ3n) is 2.27. The van der Waals surface area contributed by atoms with Gasteiger partial charge in [-0.15, -0.1) is 0 Å². The van der Waals surface area contributed by atoms with Crippen molar-refractivity contribution >= 4 is 5.97 Å². The Morgan fingerprint density at radius 1 is 1.71 bits per heavy atom. The molecule has 2 rings (SSSR count). The van der Waals surface area contributed by atoms with Crippen molar-refractivity contribution in [1.82, 2.24) is 0 Å². The summed E-state index contributed by atoms with van der Waals surface area (Å²) in [6.07, 6.45) is -1.71. The van der Waals surface area contributed by atoms with Crippen LogP contribution >= 0.6 is 0 Å². The lowest BCUT2D eigenvalue weighted by molar-refractivity contribution is -0.677. The van der Waals surface area contributed by atoms with E-state index in [0.29, 0.717) is 13.2 Å². The smallest absolute Gasteiger partial charge is 0.180 e. The van der Waals surface area contributed by atoms with Crippen LogP contribution < -0.4 is 10.4 Å². The number of alkyl halides is 1. The number of nitrogens with two attached hydrogens (primary N) is 1. The van der Waals surface area contributed by atoms with Crippen LogP contribution in [-0.4, -0.2) is 48.6 Å². The van der Waals surface area contributed by atoms with Crippen molar-refractivity contribution in [2.24, 2.45) is 0 Å². The Kier molecular flexibility index (Phi) is 3.79. The van der Waals surface area contributed by atoms with Gasteiger partial charge in [-0.3, -0.25) is 0 Å². The van der Waals surface area contributed by atoms with Gasteiger partial charge in [-0.2, -0.15) is 0 Å². The first-order chi connectivity index (χ1) is 6.52. The van der Waals surface area contributed by atoms with Crippen LogP contribution in [0.1, 0.15) is 6.92 Å². The molecule has 2 aliphatic rings. The van der Waals surface area contributed by atoms with Crippen LogP contribution in [0.3, 0.4) is 0 Å². The molecular formula is C8H14FNO4. The SMILES string of the molecule is CC(=O)[O-].O[C@H]1CO[C@H]2[C@@H]1[NH2+]C[C@H]2F. The molecule has 0 amide bonds. The Hall–Kier alpha value is -0.720. The number of fused-ring (bicyclic) bond motifs is 1. The zero-order valence-electron chi connectivity index (χ0n) is 7.85. The van der Waals surface area contributed by atoms with Crippen LogP contribution in [0.25, 0.3) is 0 Å². The van der Waals surface area contributed by atoms with Gasteiger partial charge in [0.25, 0.3) is 0 Å². The number of hydrogen-bond donors (Lipinski definition) is 2. The number of carbonyl (C=O) groups is 1. The number of ether oxygens (including phenoxy) is 1. The topological polar surface area (TPSA) is 86.2 Å². The molecule has 0 aliphatic carbocycles. The van der Waals surface area contributed by atoms with E-state index in [2.05, 4.69) is 0 Å². The second-order valence-electron chi connectivity index (χ2n) is 3.42. The molecule has 0 radical (unpaired) electrons. The Morgan fingerprint density at radius 2 is 2.29 bits per heavy atom. The maximum Gasteiger partial charge on any atom is 0.180 e. The molecule has 0 unspecified atom stereocenters. The molecule has 82 valence electrons. The van der Waals surface area contributed by atoms with Gasteiger partial charge in [-0.05, 0) is 6.92 Å². The summed E-state index contributed by atoms with van der Waals surface area (Å²) in [7, 11) is 0. The molecule has 4 atom stereocenters. The summed E-state index contributed by atoms with van der Waals surface area (Å²) >= 11 is 0. The van der Waals surface area contributed by atoms with Crippen LogP contribution in [0.15, 0.2) is 0 Å². The molecule has 6 heteroatoms. The molecule has 2 saturated heterocycles. The van der Waals surface area contributed by atoms with Gasteiger partial charge in [-0.25, -0.2) is 4.39 Å². The van der Waals surface area contributed by atoms with Crippen molar-refractivity contribution in [3.05, 3.63) is 0 Å².